The van der Waals surface area contributed by atoms with Crippen LogP contribution >= 0.6 is 0 Å². The third-order valence-electron chi connectivity index (χ3n) is 5.20. The lowest BCUT2D eigenvalue weighted by Crippen LogP contribution is -2.26. The highest BCUT2D eigenvalue weighted by molar-refractivity contribution is 5.76. The van der Waals surface area contributed by atoms with Gasteiger partial charge in [-0.1, -0.05) is 19.3 Å². The van der Waals surface area contributed by atoms with Crippen molar-refractivity contribution in [3.05, 3.63) is 38.9 Å². The number of oxazole rings is 1. The molecule has 0 unspecified atom stereocenters. The number of amides is 1. The van der Waals surface area contributed by atoms with Gasteiger partial charge in [-0.05, 0) is 31.7 Å². The third-order valence-corrected chi connectivity index (χ3v) is 5.20. The Morgan fingerprint density at radius 3 is 2.83 bits per heavy atom. The van der Waals surface area contributed by atoms with Crippen molar-refractivity contribution < 1.29 is 18.9 Å². The molecule has 158 valence electrons. The number of nitro groups is 1. The molecule has 9 heteroatoms. The predicted molar refractivity (Wildman–Crippen MR) is 107 cm³/mol. The standard InChI is InChI=1S/C20H27N3O6/c24-19(21-11-5-13-28-16-6-2-1-3-7-16)8-4-12-22-17-10-9-15(23(26)27)14-18(17)29-20(22)25/h9-10,14,16H,1-8,11-13H2,(H,21,24). The molecule has 2 aromatic rings. The molecule has 29 heavy (non-hydrogen) atoms. The number of carbonyl (C=O) groups excluding carboxylic acids is 1. The van der Waals surface area contributed by atoms with Crippen molar-refractivity contribution in [1.29, 1.82) is 0 Å². The van der Waals surface area contributed by atoms with Gasteiger partial charge >= 0.3 is 5.76 Å². The maximum absolute atomic E-state index is 12.0. The number of non-ortho nitro benzene ring substituents is 1. The molecular weight excluding hydrogens is 378 g/mol. The first-order valence-corrected chi connectivity index (χ1v) is 10.2. The molecular formula is C20H27N3O6. The Morgan fingerprint density at radius 1 is 1.28 bits per heavy atom. The van der Waals surface area contributed by atoms with Crippen molar-refractivity contribution >= 4 is 22.7 Å². The lowest BCUT2D eigenvalue weighted by atomic mass is 9.98. The van der Waals surface area contributed by atoms with Gasteiger partial charge in [0.1, 0.15) is 0 Å². The Kier molecular flexibility index (Phi) is 7.40. The summed E-state index contributed by atoms with van der Waals surface area (Å²) >= 11 is 0. The van der Waals surface area contributed by atoms with Crippen LogP contribution in [0.1, 0.15) is 51.4 Å². The number of benzene rings is 1. The highest BCUT2D eigenvalue weighted by atomic mass is 16.6. The number of hydrogen-bond acceptors (Lipinski definition) is 6. The number of aromatic nitrogens is 1. The monoisotopic (exact) mass is 405 g/mol. The Balaban J connectivity index is 1.37. The smallest absolute Gasteiger partial charge is 0.407 e. The molecule has 1 N–H and O–H groups in total. The van der Waals surface area contributed by atoms with E-state index in [0.29, 0.717) is 37.7 Å². The van der Waals surface area contributed by atoms with Gasteiger partial charge in [-0.15, -0.1) is 0 Å². The molecule has 3 rings (SSSR count). The average Bonchev–Trinajstić information content (AvgIpc) is 3.03. The molecule has 9 nitrogen and oxygen atoms in total. The van der Waals surface area contributed by atoms with Gasteiger partial charge in [0.05, 0.1) is 22.6 Å². The van der Waals surface area contributed by atoms with Crippen LogP contribution in [0, 0.1) is 10.1 Å². The fourth-order valence-corrected chi connectivity index (χ4v) is 3.65. The molecule has 0 saturated heterocycles. The van der Waals surface area contributed by atoms with E-state index < -0.39 is 10.7 Å². The minimum absolute atomic E-state index is 0.0702. The summed E-state index contributed by atoms with van der Waals surface area (Å²) in [5, 5.41) is 13.7. The molecule has 0 bridgehead atoms. The zero-order chi connectivity index (χ0) is 20.6. The second-order valence-electron chi connectivity index (χ2n) is 7.37. The number of fused-ring (bicyclic) bond motifs is 1. The van der Waals surface area contributed by atoms with E-state index >= 15 is 0 Å². The fraction of sp³-hybridized carbons (Fsp3) is 0.600. The van der Waals surface area contributed by atoms with Crippen molar-refractivity contribution in [2.45, 2.75) is 64.0 Å². The Morgan fingerprint density at radius 2 is 2.07 bits per heavy atom. The number of nitrogens with one attached hydrogen (secondary N) is 1. The molecule has 1 fully saturated rings. The van der Waals surface area contributed by atoms with Gasteiger partial charge in [-0.3, -0.25) is 19.5 Å². The molecule has 1 amide bonds. The Hall–Kier alpha value is -2.68. The predicted octanol–water partition coefficient (Wildman–Crippen LogP) is 3.14. The number of nitrogens with zero attached hydrogens (tertiary/aromatic N) is 2. The van der Waals surface area contributed by atoms with Gasteiger partial charge in [0.25, 0.3) is 5.69 Å². The lowest BCUT2D eigenvalue weighted by Gasteiger charge is -2.21. The van der Waals surface area contributed by atoms with Crippen LogP contribution in [0.3, 0.4) is 0 Å². The Labute approximate surface area is 168 Å². The van der Waals surface area contributed by atoms with E-state index in [1.165, 1.54) is 42.0 Å². The summed E-state index contributed by atoms with van der Waals surface area (Å²) in [6.45, 7) is 1.54. The summed E-state index contributed by atoms with van der Waals surface area (Å²) in [4.78, 5) is 34.2. The molecule has 1 saturated carbocycles. The normalized spacial score (nSPS) is 14.9. The van der Waals surface area contributed by atoms with E-state index in [4.69, 9.17) is 9.15 Å². The highest BCUT2D eigenvalue weighted by Crippen LogP contribution is 2.21. The lowest BCUT2D eigenvalue weighted by molar-refractivity contribution is -0.384. The molecule has 0 atom stereocenters. The number of rotatable bonds is 10. The van der Waals surface area contributed by atoms with E-state index in [1.54, 1.807) is 0 Å². The molecule has 1 aromatic heterocycles. The fourth-order valence-electron chi connectivity index (χ4n) is 3.65. The number of carbonyl (C=O) groups is 1. The van der Waals surface area contributed by atoms with Crippen LogP contribution in [0.25, 0.3) is 11.1 Å². The van der Waals surface area contributed by atoms with Crippen LogP contribution in [0.2, 0.25) is 0 Å². The molecule has 1 aliphatic carbocycles. The van der Waals surface area contributed by atoms with Gasteiger partial charge in [-0.2, -0.15) is 0 Å². The summed E-state index contributed by atoms with van der Waals surface area (Å²) in [5.74, 6) is -0.653. The first-order chi connectivity index (χ1) is 14.0. The summed E-state index contributed by atoms with van der Waals surface area (Å²) < 4.78 is 12.3. The zero-order valence-electron chi connectivity index (χ0n) is 16.4. The minimum atomic E-state index is -0.583. The van der Waals surface area contributed by atoms with Crippen molar-refractivity contribution in [2.24, 2.45) is 0 Å². The van der Waals surface area contributed by atoms with Gasteiger partial charge in [-0.25, -0.2) is 4.79 Å². The molecule has 1 aromatic carbocycles. The molecule has 0 aliphatic heterocycles. The first kappa shape index (κ1) is 21.0. The van der Waals surface area contributed by atoms with Crippen LogP contribution in [-0.4, -0.2) is 34.7 Å². The second kappa shape index (κ2) is 10.2. The first-order valence-electron chi connectivity index (χ1n) is 10.2. The van der Waals surface area contributed by atoms with Gasteiger partial charge in [0.15, 0.2) is 5.58 Å². The van der Waals surface area contributed by atoms with E-state index in [0.717, 1.165) is 19.3 Å². The summed E-state index contributed by atoms with van der Waals surface area (Å²) in [6, 6.07) is 4.05. The van der Waals surface area contributed by atoms with Gasteiger partial charge in [0.2, 0.25) is 5.91 Å². The van der Waals surface area contributed by atoms with E-state index in [2.05, 4.69) is 5.32 Å². The summed E-state index contributed by atoms with van der Waals surface area (Å²) in [6.07, 6.45) is 7.99. The number of nitro benzene ring substituents is 1. The van der Waals surface area contributed by atoms with E-state index in [-0.39, 0.29) is 23.6 Å². The highest BCUT2D eigenvalue weighted by Gasteiger charge is 2.15. The van der Waals surface area contributed by atoms with Gasteiger partial charge in [0, 0.05) is 32.2 Å². The number of hydrogen-bond donors (Lipinski definition) is 1. The topological polar surface area (TPSA) is 117 Å². The zero-order valence-corrected chi connectivity index (χ0v) is 16.4. The maximum Gasteiger partial charge on any atom is 0.419 e. The minimum Gasteiger partial charge on any atom is -0.407 e. The number of ether oxygens (including phenoxy) is 1. The van der Waals surface area contributed by atoms with Crippen molar-refractivity contribution in [2.75, 3.05) is 13.2 Å². The third kappa shape index (κ3) is 5.90. The summed E-state index contributed by atoms with van der Waals surface area (Å²) in [7, 11) is 0. The van der Waals surface area contributed by atoms with Crippen molar-refractivity contribution in [1.82, 2.24) is 9.88 Å². The summed E-state index contributed by atoms with van der Waals surface area (Å²) in [5.41, 5.74) is 0.526. The van der Waals surface area contributed by atoms with Crippen molar-refractivity contribution in [3.8, 4) is 0 Å². The van der Waals surface area contributed by atoms with Crippen LogP contribution < -0.4 is 11.1 Å². The second-order valence-corrected chi connectivity index (χ2v) is 7.37. The van der Waals surface area contributed by atoms with Crippen molar-refractivity contribution in [3.63, 3.8) is 0 Å². The van der Waals surface area contributed by atoms with Crippen LogP contribution in [0.15, 0.2) is 27.4 Å². The molecule has 0 spiro atoms. The quantitative estimate of drug-likeness (QED) is 0.369. The van der Waals surface area contributed by atoms with Crippen LogP contribution in [0.4, 0.5) is 5.69 Å². The number of aryl methyl sites for hydroxylation is 1. The molecule has 0 radical (unpaired) electrons. The van der Waals surface area contributed by atoms with Gasteiger partial charge < -0.3 is 14.5 Å². The Bertz CT molecular complexity index is 897. The maximum atomic E-state index is 12.0. The SMILES string of the molecule is O=C(CCCn1c(=O)oc2cc([N+](=O)[O-])ccc21)NCCCOC1CCCCC1. The van der Waals surface area contributed by atoms with Crippen LogP contribution in [0.5, 0.6) is 0 Å². The van der Waals surface area contributed by atoms with E-state index in [9.17, 15) is 19.7 Å². The largest absolute Gasteiger partial charge is 0.419 e. The van der Waals surface area contributed by atoms with E-state index in [1.807, 2.05) is 0 Å². The molecule has 1 heterocycles. The molecule has 1 aliphatic rings. The van der Waals surface area contributed by atoms with Crippen LogP contribution in [-0.2, 0) is 16.1 Å². The average molecular weight is 405 g/mol.